The van der Waals surface area contributed by atoms with Crippen LogP contribution in [0.1, 0.15) is 97.1 Å². The van der Waals surface area contributed by atoms with Gasteiger partial charge in [0.05, 0.1) is 18.2 Å². The van der Waals surface area contributed by atoms with Crippen molar-refractivity contribution in [2.24, 2.45) is 5.92 Å². The fourth-order valence-corrected chi connectivity index (χ4v) is 6.66. The lowest BCUT2D eigenvalue weighted by molar-refractivity contribution is -0.151. The first kappa shape index (κ1) is 35.8. The van der Waals surface area contributed by atoms with Crippen molar-refractivity contribution in [3.8, 4) is 0 Å². The Balaban J connectivity index is 1.45. The average Bonchev–Trinajstić information content (AvgIpc) is 3.34. The van der Waals surface area contributed by atoms with Gasteiger partial charge in [0.2, 0.25) is 0 Å². The smallest absolute Gasteiger partial charge is 0.410 e. The van der Waals surface area contributed by atoms with E-state index >= 15 is 0 Å². The van der Waals surface area contributed by atoms with E-state index in [4.69, 9.17) is 9.47 Å². The predicted octanol–water partition coefficient (Wildman–Crippen LogP) is 5.33. The molecule has 0 spiro atoms. The molecule has 0 aromatic carbocycles. The van der Waals surface area contributed by atoms with Crippen molar-refractivity contribution < 1.29 is 29.3 Å². The number of allylic oxidation sites excluding steroid dienone is 3. The van der Waals surface area contributed by atoms with Crippen molar-refractivity contribution >= 4 is 12.1 Å². The van der Waals surface area contributed by atoms with Gasteiger partial charge in [0.1, 0.15) is 18.0 Å². The monoisotopic (exact) mass is 638 g/mol. The molecule has 1 aromatic rings. The number of esters is 1. The summed E-state index contributed by atoms with van der Waals surface area (Å²) in [5.41, 5.74) is 0.266. The lowest BCUT2D eigenvalue weighted by Crippen LogP contribution is -2.53. The minimum absolute atomic E-state index is 0.0656. The number of piperazine rings is 1. The van der Waals surface area contributed by atoms with Gasteiger partial charge in [-0.2, -0.15) is 0 Å². The highest BCUT2D eigenvalue weighted by Crippen LogP contribution is 2.28. The molecular formula is C36H54N4O6. The number of cyclic esters (lactones) is 1. The van der Waals surface area contributed by atoms with E-state index in [1.165, 1.54) is 44.9 Å². The van der Waals surface area contributed by atoms with Crippen LogP contribution in [0.3, 0.4) is 0 Å². The fraction of sp³-hybridized carbons (Fsp3) is 0.667. The van der Waals surface area contributed by atoms with E-state index in [-0.39, 0.29) is 31.1 Å². The van der Waals surface area contributed by atoms with Gasteiger partial charge in [-0.25, -0.2) is 14.8 Å². The van der Waals surface area contributed by atoms with Crippen molar-refractivity contribution in [3.05, 3.63) is 60.2 Å². The number of rotatable bonds is 6. The molecule has 4 rings (SSSR count). The molecule has 6 atom stereocenters. The van der Waals surface area contributed by atoms with Gasteiger partial charge < -0.3 is 24.6 Å². The van der Waals surface area contributed by atoms with Crippen LogP contribution in [0.2, 0.25) is 0 Å². The Morgan fingerprint density at radius 3 is 2.52 bits per heavy atom. The van der Waals surface area contributed by atoms with Gasteiger partial charge >= 0.3 is 12.1 Å². The second kappa shape index (κ2) is 17.2. The van der Waals surface area contributed by atoms with Crippen LogP contribution in [0.25, 0.3) is 0 Å². The van der Waals surface area contributed by atoms with Gasteiger partial charge in [-0.15, -0.1) is 0 Å². The highest BCUT2D eigenvalue weighted by atomic mass is 16.6. The zero-order valence-corrected chi connectivity index (χ0v) is 28.1. The zero-order valence-electron chi connectivity index (χ0n) is 28.1. The summed E-state index contributed by atoms with van der Waals surface area (Å²) >= 11 is 0. The van der Waals surface area contributed by atoms with E-state index in [2.05, 4.69) is 14.9 Å². The lowest BCUT2D eigenvalue weighted by atomic mass is 9.88. The molecule has 10 nitrogen and oxygen atoms in total. The molecule has 2 aliphatic heterocycles. The Kier molecular flexibility index (Phi) is 13.4. The first-order valence-electron chi connectivity index (χ1n) is 17.1. The van der Waals surface area contributed by atoms with Crippen LogP contribution in [-0.4, -0.2) is 98.2 Å². The summed E-state index contributed by atoms with van der Waals surface area (Å²) < 4.78 is 11.9. The average molecular weight is 639 g/mol. The first-order valence-corrected chi connectivity index (χ1v) is 17.1. The highest BCUT2D eigenvalue weighted by molar-refractivity contribution is 5.70. The molecule has 1 aromatic heterocycles. The van der Waals surface area contributed by atoms with Crippen molar-refractivity contribution in [2.75, 3.05) is 26.2 Å². The fourth-order valence-electron chi connectivity index (χ4n) is 6.66. The molecular weight excluding hydrogens is 584 g/mol. The summed E-state index contributed by atoms with van der Waals surface area (Å²) in [6.45, 7) is 10.3. The number of hydrogen-bond acceptors (Lipinski definition) is 9. The summed E-state index contributed by atoms with van der Waals surface area (Å²) in [7, 11) is 0. The molecule has 1 unspecified atom stereocenters. The second-order valence-corrected chi connectivity index (χ2v) is 13.6. The Bertz CT molecular complexity index is 1200. The summed E-state index contributed by atoms with van der Waals surface area (Å²) in [6, 6.07) is 2.47. The molecule has 1 saturated heterocycles. The number of carbonyl (C=O) groups is 2. The summed E-state index contributed by atoms with van der Waals surface area (Å²) in [5, 5.41) is 22.1. The third-order valence-corrected chi connectivity index (χ3v) is 9.74. The molecule has 0 bridgehead atoms. The molecule has 3 aliphatic rings. The second-order valence-electron chi connectivity index (χ2n) is 13.6. The van der Waals surface area contributed by atoms with E-state index in [0.29, 0.717) is 19.1 Å². The van der Waals surface area contributed by atoms with Gasteiger partial charge in [-0.3, -0.25) is 9.69 Å². The maximum atomic E-state index is 13.4. The van der Waals surface area contributed by atoms with E-state index < -0.39 is 36.0 Å². The van der Waals surface area contributed by atoms with E-state index in [1.807, 2.05) is 51.1 Å². The molecule has 2 N–H and O–H groups in total. The Morgan fingerprint density at radius 1 is 1.13 bits per heavy atom. The van der Waals surface area contributed by atoms with Crippen LogP contribution in [0, 0.1) is 5.92 Å². The molecule has 10 heteroatoms. The normalized spacial score (nSPS) is 31.3. The van der Waals surface area contributed by atoms with Crippen molar-refractivity contribution in [2.45, 2.75) is 121 Å². The minimum Gasteiger partial charge on any atom is -0.457 e. The molecule has 254 valence electrons. The van der Waals surface area contributed by atoms with Crippen molar-refractivity contribution in [1.82, 2.24) is 19.8 Å². The van der Waals surface area contributed by atoms with Gasteiger partial charge in [0, 0.05) is 50.3 Å². The van der Waals surface area contributed by atoms with Gasteiger partial charge in [0.15, 0.2) is 6.10 Å². The molecule has 0 radical (unpaired) electrons. The molecule has 1 aliphatic carbocycles. The maximum absolute atomic E-state index is 13.4. The van der Waals surface area contributed by atoms with Crippen molar-refractivity contribution in [3.63, 3.8) is 0 Å². The predicted molar refractivity (Wildman–Crippen MR) is 177 cm³/mol. The van der Waals surface area contributed by atoms with Crippen molar-refractivity contribution in [1.29, 1.82) is 0 Å². The molecule has 1 amide bonds. The van der Waals surface area contributed by atoms with E-state index in [1.54, 1.807) is 24.1 Å². The Labute approximate surface area is 274 Å². The number of amides is 1. The van der Waals surface area contributed by atoms with Crippen LogP contribution >= 0.6 is 0 Å². The van der Waals surface area contributed by atoms with Crippen LogP contribution in [-0.2, 0) is 14.3 Å². The van der Waals surface area contributed by atoms with Gasteiger partial charge in [-0.1, -0.05) is 63.8 Å². The van der Waals surface area contributed by atoms with Crippen LogP contribution in [0.15, 0.2) is 54.5 Å². The summed E-state index contributed by atoms with van der Waals surface area (Å²) in [4.78, 5) is 38.7. The number of nitrogens with zero attached hydrogens (tertiary/aromatic N) is 4. The quantitative estimate of drug-likeness (QED) is 0.184. The number of hydrogen-bond donors (Lipinski definition) is 2. The number of carbonyl (C=O) groups excluding carboxylic acids is 2. The standard InChI is InChI=1S/C36H54N4O6/c1-26(31-17-19-37-25-38-31)10-9-11-27(2)34-28(3)14-15-32(36(4,44)18-16-30(41)24-33(42)46-34)45-35(43)40-22-20-39(21-23-40)29-12-7-5-6-8-13-29/h9-11,14-15,17,19,25-26,28-30,32,34,41,44H,5-8,12-13,16,18,20-24H2,1-4H3/b10-9+,15-14-,27-11+/t26?,28-,30+,32-,34+,36+/m0/s1. The largest absolute Gasteiger partial charge is 0.457 e. The lowest BCUT2D eigenvalue weighted by Gasteiger charge is -2.40. The Morgan fingerprint density at radius 2 is 1.85 bits per heavy atom. The SMILES string of the molecule is C/C(=C\C=C\C(C)c1ccncn1)[C@H]1OC(=O)C[C@H](O)CC[C@@](C)(O)[C@@H](OC(=O)N2CCN(C3CCCCCC3)CC2)/C=C\[C@@H]1C. The van der Waals surface area contributed by atoms with E-state index in [0.717, 1.165) is 24.4 Å². The summed E-state index contributed by atoms with van der Waals surface area (Å²) in [5.74, 6) is -0.740. The molecule has 1 saturated carbocycles. The number of aromatic nitrogens is 2. The number of ether oxygens (including phenoxy) is 2. The molecule has 3 heterocycles. The first-order chi connectivity index (χ1) is 22.0. The summed E-state index contributed by atoms with van der Waals surface area (Å²) in [6.07, 6.45) is 17.4. The zero-order chi connectivity index (χ0) is 33.1. The van der Waals surface area contributed by atoms with Crippen LogP contribution in [0.5, 0.6) is 0 Å². The molecule has 2 fully saturated rings. The van der Waals surface area contributed by atoms with Gasteiger partial charge in [0.25, 0.3) is 0 Å². The third-order valence-electron chi connectivity index (χ3n) is 9.74. The number of aliphatic hydroxyl groups excluding tert-OH is 1. The number of aliphatic hydroxyl groups is 2. The molecule has 46 heavy (non-hydrogen) atoms. The van der Waals surface area contributed by atoms with Crippen LogP contribution < -0.4 is 0 Å². The van der Waals surface area contributed by atoms with E-state index in [9.17, 15) is 19.8 Å². The Hall–Kier alpha value is -3.08. The maximum Gasteiger partial charge on any atom is 0.410 e. The van der Waals surface area contributed by atoms with Crippen LogP contribution in [0.4, 0.5) is 4.79 Å². The topological polar surface area (TPSA) is 125 Å². The minimum atomic E-state index is -1.45. The highest BCUT2D eigenvalue weighted by Gasteiger charge is 2.37. The third kappa shape index (κ3) is 10.5. The van der Waals surface area contributed by atoms with Gasteiger partial charge in [-0.05, 0) is 57.2 Å².